The molecule has 5 N–H and O–H groups in total. The van der Waals surface area contributed by atoms with E-state index in [2.05, 4.69) is 12.2 Å². The predicted molar refractivity (Wildman–Crippen MR) is 52.0 cm³/mol. The van der Waals surface area contributed by atoms with Crippen molar-refractivity contribution in [3.05, 3.63) is 0 Å². The Morgan fingerprint density at radius 2 is 2.23 bits per heavy atom. The van der Waals surface area contributed by atoms with Crippen molar-refractivity contribution in [2.75, 3.05) is 13.1 Å². The molecule has 0 bridgehead atoms. The second-order valence-electron chi connectivity index (χ2n) is 3.99. The molecule has 1 saturated carbocycles. The van der Waals surface area contributed by atoms with Crippen molar-refractivity contribution in [2.45, 2.75) is 32.2 Å². The molecule has 0 heterocycles. The first-order chi connectivity index (χ1) is 6.09. The summed E-state index contributed by atoms with van der Waals surface area (Å²) in [6.45, 7) is 3.66. The van der Waals surface area contributed by atoms with Gasteiger partial charge >= 0.3 is 0 Å². The molecular weight excluding hydrogens is 166 g/mol. The summed E-state index contributed by atoms with van der Waals surface area (Å²) < 4.78 is 0. The van der Waals surface area contributed by atoms with Crippen LogP contribution in [0.5, 0.6) is 0 Å². The van der Waals surface area contributed by atoms with Crippen LogP contribution in [0.4, 0.5) is 0 Å². The van der Waals surface area contributed by atoms with E-state index in [0.717, 1.165) is 6.54 Å². The summed E-state index contributed by atoms with van der Waals surface area (Å²) in [6, 6.07) is -0.548. The van der Waals surface area contributed by atoms with Crippen LogP contribution in [0.25, 0.3) is 0 Å². The molecule has 1 rings (SSSR count). The Balaban J connectivity index is 2.10. The van der Waals surface area contributed by atoms with Crippen molar-refractivity contribution in [1.29, 1.82) is 0 Å². The molecule has 4 nitrogen and oxygen atoms in total. The van der Waals surface area contributed by atoms with Gasteiger partial charge < -0.3 is 16.8 Å². The van der Waals surface area contributed by atoms with E-state index in [1.165, 1.54) is 19.3 Å². The van der Waals surface area contributed by atoms with Crippen molar-refractivity contribution < 1.29 is 4.79 Å². The summed E-state index contributed by atoms with van der Waals surface area (Å²) in [4.78, 5) is 10.6. The van der Waals surface area contributed by atoms with Gasteiger partial charge in [-0.3, -0.25) is 4.79 Å². The summed E-state index contributed by atoms with van der Waals surface area (Å²) in [7, 11) is 0. The maximum Gasteiger partial charge on any atom is 0.235 e. The Morgan fingerprint density at radius 1 is 1.62 bits per heavy atom. The van der Waals surface area contributed by atoms with Crippen molar-refractivity contribution in [3.63, 3.8) is 0 Å². The first-order valence-electron chi connectivity index (χ1n) is 4.85. The maximum atomic E-state index is 10.6. The van der Waals surface area contributed by atoms with E-state index in [1.807, 2.05) is 0 Å². The van der Waals surface area contributed by atoms with Crippen LogP contribution < -0.4 is 16.8 Å². The monoisotopic (exact) mass is 185 g/mol. The van der Waals surface area contributed by atoms with Gasteiger partial charge in [0.1, 0.15) is 0 Å². The average molecular weight is 185 g/mol. The van der Waals surface area contributed by atoms with Gasteiger partial charge in [0.2, 0.25) is 5.91 Å². The van der Waals surface area contributed by atoms with E-state index < -0.39 is 11.9 Å². The number of amides is 1. The van der Waals surface area contributed by atoms with E-state index in [9.17, 15) is 4.79 Å². The number of carbonyl (C=O) groups excluding carboxylic acids is 1. The number of hydrogen-bond donors (Lipinski definition) is 3. The van der Waals surface area contributed by atoms with E-state index >= 15 is 0 Å². The molecule has 1 fully saturated rings. The number of rotatable bonds is 6. The van der Waals surface area contributed by atoms with Crippen LogP contribution in [0.3, 0.4) is 0 Å². The van der Waals surface area contributed by atoms with Gasteiger partial charge in [0, 0.05) is 13.1 Å². The molecule has 13 heavy (non-hydrogen) atoms. The van der Waals surface area contributed by atoms with Gasteiger partial charge in [-0.05, 0) is 24.7 Å². The molecule has 4 heteroatoms. The summed E-state index contributed by atoms with van der Waals surface area (Å²) in [5.74, 6) is -0.436. The van der Waals surface area contributed by atoms with E-state index in [-0.39, 0.29) is 0 Å². The van der Waals surface area contributed by atoms with Crippen molar-refractivity contribution in [1.82, 2.24) is 5.32 Å². The summed E-state index contributed by atoms with van der Waals surface area (Å²) >= 11 is 0. The van der Waals surface area contributed by atoms with Gasteiger partial charge in [0.25, 0.3) is 0 Å². The molecule has 76 valence electrons. The van der Waals surface area contributed by atoms with Crippen LogP contribution in [0.2, 0.25) is 0 Å². The third kappa shape index (κ3) is 2.97. The predicted octanol–water partition coefficient (Wildman–Crippen LogP) is -0.421. The van der Waals surface area contributed by atoms with Crippen LogP contribution >= 0.6 is 0 Å². The highest BCUT2D eigenvalue weighted by Crippen LogP contribution is 2.47. The van der Waals surface area contributed by atoms with Crippen LogP contribution in [-0.4, -0.2) is 25.0 Å². The first kappa shape index (κ1) is 10.5. The van der Waals surface area contributed by atoms with Crippen molar-refractivity contribution >= 4 is 5.91 Å². The quantitative estimate of drug-likeness (QED) is 0.525. The average Bonchev–Trinajstić information content (AvgIpc) is 2.85. The zero-order valence-corrected chi connectivity index (χ0v) is 8.18. The number of nitrogens with one attached hydrogen (secondary N) is 1. The normalized spacial score (nSPS) is 21.1. The highest BCUT2D eigenvalue weighted by atomic mass is 16.1. The fourth-order valence-electron chi connectivity index (χ4n) is 1.43. The zero-order valence-electron chi connectivity index (χ0n) is 8.18. The molecule has 0 aromatic heterocycles. The highest BCUT2D eigenvalue weighted by molar-refractivity contribution is 5.79. The van der Waals surface area contributed by atoms with Crippen molar-refractivity contribution in [2.24, 2.45) is 16.9 Å². The minimum atomic E-state index is -0.548. The molecule has 1 aliphatic carbocycles. The van der Waals surface area contributed by atoms with Crippen LogP contribution in [0, 0.1) is 5.41 Å². The minimum absolute atomic E-state index is 0.436. The molecule has 0 spiro atoms. The van der Waals surface area contributed by atoms with Crippen molar-refractivity contribution in [3.8, 4) is 0 Å². The molecule has 0 aromatic carbocycles. The maximum absolute atomic E-state index is 10.6. The SMILES string of the molecule is CCC1(CNCC(N)C(N)=O)CC1. The van der Waals surface area contributed by atoms with Gasteiger partial charge in [-0.2, -0.15) is 0 Å². The largest absolute Gasteiger partial charge is 0.368 e. The van der Waals surface area contributed by atoms with E-state index in [1.54, 1.807) is 0 Å². The molecule has 1 aliphatic rings. The number of nitrogens with two attached hydrogens (primary N) is 2. The van der Waals surface area contributed by atoms with Crippen LogP contribution in [0.1, 0.15) is 26.2 Å². The smallest absolute Gasteiger partial charge is 0.235 e. The Hall–Kier alpha value is -0.610. The molecule has 1 atom stereocenters. The van der Waals surface area contributed by atoms with E-state index in [0.29, 0.717) is 12.0 Å². The Morgan fingerprint density at radius 3 is 2.62 bits per heavy atom. The fraction of sp³-hybridized carbons (Fsp3) is 0.889. The number of carbonyl (C=O) groups is 1. The molecule has 1 amide bonds. The third-order valence-corrected chi connectivity index (χ3v) is 2.94. The summed E-state index contributed by atoms with van der Waals surface area (Å²) in [6.07, 6.45) is 3.79. The minimum Gasteiger partial charge on any atom is -0.368 e. The van der Waals surface area contributed by atoms with Gasteiger partial charge in [-0.25, -0.2) is 0 Å². The second kappa shape index (κ2) is 4.07. The van der Waals surface area contributed by atoms with Gasteiger partial charge in [-0.1, -0.05) is 6.92 Å². The lowest BCUT2D eigenvalue weighted by atomic mass is 10.0. The highest BCUT2D eigenvalue weighted by Gasteiger charge is 2.39. The lowest BCUT2D eigenvalue weighted by Gasteiger charge is -2.15. The van der Waals surface area contributed by atoms with E-state index in [4.69, 9.17) is 11.5 Å². The second-order valence-corrected chi connectivity index (χ2v) is 3.99. The molecule has 0 radical (unpaired) electrons. The molecule has 0 aromatic rings. The Labute approximate surface area is 79.0 Å². The molecule has 0 aliphatic heterocycles. The Kier molecular flexibility index (Phi) is 3.27. The molecule has 0 saturated heterocycles. The number of hydrogen-bond acceptors (Lipinski definition) is 3. The van der Waals surface area contributed by atoms with Gasteiger partial charge in [0.15, 0.2) is 0 Å². The fourth-order valence-corrected chi connectivity index (χ4v) is 1.43. The third-order valence-electron chi connectivity index (χ3n) is 2.94. The standard InChI is InChI=1S/C9H19N3O/c1-2-9(3-4-9)6-12-5-7(10)8(11)13/h7,12H,2-6,10H2,1H3,(H2,11,13). The van der Waals surface area contributed by atoms with Gasteiger partial charge in [-0.15, -0.1) is 0 Å². The lowest BCUT2D eigenvalue weighted by molar-refractivity contribution is -0.119. The molecular formula is C9H19N3O. The number of primary amides is 1. The zero-order chi connectivity index (χ0) is 9.90. The van der Waals surface area contributed by atoms with Gasteiger partial charge in [0.05, 0.1) is 6.04 Å². The lowest BCUT2D eigenvalue weighted by Crippen LogP contribution is -2.45. The Bertz CT molecular complexity index is 189. The first-order valence-corrected chi connectivity index (χ1v) is 4.85. The topological polar surface area (TPSA) is 81.1 Å². The van der Waals surface area contributed by atoms with Crippen LogP contribution in [0.15, 0.2) is 0 Å². The molecule has 1 unspecified atom stereocenters. The van der Waals surface area contributed by atoms with Crippen LogP contribution in [-0.2, 0) is 4.79 Å². The summed E-state index contributed by atoms with van der Waals surface area (Å²) in [5, 5.41) is 3.19. The summed E-state index contributed by atoms with van der Waals surface area (Å²) in [5.41, 5.74) is 11.0.